The van der Waals surface area contributed by atoms with E-state index in [9.17, 15) is 13.6 Å². The first-order valence-corrected chi connectivity index (χ1v) is 9.66. The molecular weight excluding hydrogens is 420 g/mol. The summed E-state index contributed by atoms with van der Waals surface area (Å²) in [7, 11) is 1.48. The number of halogens is 3. The summed E-state index contributed by atoms with van der Waals surface area (Å²) in [5.74, 6) is -0.873. The van der Waals surface area contributed by atoms with E-state index in [1.165, 1.54) is 28.3 Å². The number of hydrogen-bond acceptors (Lipinski definition) is 4. The summed E-state index contributed by atoms with van der Waals surface area (Å²) in [6.45, 7) is -0.165. The van der Waals surface area contributed by atoms with Crippen LogP contribution in [0.25, 0.3) is 0 Å². The van der Waals surface area contributed by atoms with Crippen LogP contribution in [0.3, 0.4) is 0 Å². The van der Waals surface area contributed by atoms with E-state index in [1.807, 2.05) is 12.1 Å². The summed E-state index contributed by atoms with van der Waals surface area (Å²) < 4.78 is 34.3. The second-order valence-electron chi connectivity index (χ2n) is 6.11. The van der Waals surface area contributed by atoms with Crippen molar-refractivity contribution in [3.8, 4) is 5.88 Å². The number of hydrogen-bond donors (Lipinski definition) is 0. The lowest BCUT2D eigenvalue weighted by molar-refractivity contribution is 0.254. The predicted octanol–water partition coefficient (Wildman–Crippen LogP) is 5.68. The van der Waals surface area contributed by atoms with Gasteiger partial charge in [-0.25, -0.2) is 17.9 Å². The van der Waals surface area contributed by atoms with Crippen molar-refractivity contribution in [3.63, 3.8) is 0 Å². The molecule has 0 fully saturated rings. The predicted molar refractivity (Wildman–Crippen MR) is 109 cm³/mol. The van der Waals surface area contributed by atoms with Crippen LogP contribution in [0.2, 0.25) is 5.02 Å². The molecule has 148 valence electrons. The SMILES string of the molecule is COc1cccc(N2Sc3ccccc3N(Cc3c(F)cc(F)cc3Cl)C2=O)n1. The Kier molecular flexibility index (Phi) is 5.29. The molecule has 2 heterocycles. The average molecular weight is 434 g/mol. The number of rotatable bonds is 4. The summed E-state index contributed by atoms with van der Waals surface area (Å²) in [6, 6.07) is 13.6. The number of benzene rings is 2. The van der Waals surface area contributed by atoms with E-state index in [4.69, 9.17) is 16.3 Å². The number of fused-ring (bicyclic) bond motifs is 1. The Morgan fingerprint density at radius 3 is 2.69 bits per heavy atom. The molecule has 0 saturated heterocycles. The van der Waals surface area contributed by atoms with Crippen LogP contribution in [-0.4, -0.2) is 18.1 Å². The lowest BCUT2D eigenvalue weighted by Crippen LogP contribution is -2.43. The van der Waals surface area contributed by atoms with Crippen LogP contribution >= 0.6 is 23.5 Å². The van der Waals surface area contributed by atoms with E-state index < -0.39 is 17.7 Å². The van der Waals surface area contributed by atoms with Crippen molar-refractivity contribution in [2.24, 2.45) is 0 Å². The average Bonchev–Trinajstić information content (AvgIpc) is 2.71. The number of aromatic nitrogens is 1. The van der Waals surface area contributed by atoms with Gasteiger partial charge in [-0.1, -0.05) is 29.8 Å². The molecule has 0 spiro atoms. The Morgan fingerprint density at radius 2 is 1.93 bits per heavy atom. The van der Waals surface area contributed by atoms with Crippen molar-refractivity contribution in [1.82, 2.24) is 4.98 Å². The summed E-state index contributed by atoms with van der Waals surface area (Å²) in [5.41, 5.74) is 0.628. The van der Waals surface area contributed by atoms with E-state index >= 15 is 0 Å². The van der Waals surface area contributed by atoms with Crippen molar-refractivity contribution in [2.75, 3.05) is 16.3 Å². The molecule has 4 rings (SSSR count). The highest BCUT2D eigenvalue weighted by Gasteiger charge is 2.34. The molecule has 0 unspecified atom stereocenters. The highest BCUT2D eigenvalue weighted by atomic mass is 35.5. The number of pyridine rings is 1. The second kappa shape index (κ2) is 7.88. The smallest absolute Gasteiger partial charge is 0.341 e. The molecule has 2 aromatic carbocycles. The lowest BCUT2D eigenvalue weighted by atomic mass is 10.1. The van der Waals surface area contributed by atoms with Gasteiger partial charge in [-0.15, -0.1) is 0 Å². The van der Waals surface area contributed by atoms with Gasteiger partial charge in [-0.05, 0) is 24.3 Å². The fraction of sp³-hybridized carbons (Fsp3) is 0.100. The molecule has 29 heavy (non-hydrogen) atoms. The third-order valence-electron chi connectivity index (χ3n) is 4.30. The Labute approximate surface area is 175 Å². The normalized spacial score (nSPS) is 13.4. The molecule has 9 heteroatoms. The van der Waals surface area contributed by atoms with Crippen LogP contribution in [0.5, 0.6) is 5.88 Å². The fourth-order valence-corrected chi connectivity index (χ4v) is 4.15. The molecule has 3 aromatic rings. The standard InChI is InChI=1S/C20H14ClF2N3O2S/c1-28-19-8-4-7-18(24-19)26-20(27)25(16-5-2-3-6-17(16)29-26)11-13-14(21)9-12(22)10-15(13)23/h2-10H,11H2,1H3. The minimum atomic E-state index is -0.815. The monoisotopic (exact) mass is 433 g/mol. The maximum Gasteiger partial charge on any atom is 0.341 e. The van der Waals surface area contributed by atoms with Crippen molar-refractivity contribution in [2.45, 2.75) is 11.4 Å². The van der Waals surface area contributed by atoms with Crippen molar-refractivity contribution in [3.05, 3.63) is 76.8 Å². The summed E-state index contributed by atoms with van der Waals surface area (Å²) in [5, 5.41) is -0.0861. The first-order chi connectivity index (χ1) is 14.0. The highest BCUT2D eigenvalue weighted by molar-refractivity contribution is 8.01. The van der Waals surface area contributed by atoms with Gasteiger partial charge in [0.2, 0.25) is 5.88 Å². The molecule has 0 saturated carbocycles. The van der Waals surface area contributed by atoms with Crippen LogP contribution in [-0.2, 0) is 6.54 Å². The van der Waals surface area contributed by atoms with Gasteiger partial charge < -0.3 is 4.74 Å². The number of urea groups is 1. The number of nitrogens with zero attached hydrogens (tertiary/aromatic N) is 3. The maximum absolute atomic E-state index is 14.4. The van der Waals surface area contributed by atoms with Gasteiger partial charge in [0.25, 0.3) is 0 Å². The third kappa shape index (κ3) is 3.73. The van der Waals surface area contributed by atoms with Gasteiger partial charge in [-0.2, -0.15) is 4.98 Å². The molecule has 5 nitrogen and oxygen atoms in total. The number of para-hydroxylation sites is 1. The highest BCUT2D eigenvalue weighted by Crippen LogP contribution is 2.42. The zero-order valence-corrected chi connectivity index (χ0v) is 16.7. The van der Waals surface area contributed by atoms with Gasteiger partial charge in [0.05, 0.1) is 29.3 Å². The van der Waals surface area contributed by atoms with E-state index in [-0.39, 0.29) is 17.1 Å². The molecule has 2 amide bonds. The maximum atomic E-state index is 14.4. The van der Waals surface area contributed by atoms with Gasteiger partial charge in [0.1, 0.15) is 11.6 Å². The van der Waals surface area contributed by atoms with E-state index in [1.54, 1.807) is 30.3 Å². The first-order valence-electron chi connectivity index (χ1n) is 8.51. The van der Waals surface area contributed by atoms with Crippen molar-refractivity contribution < 1.29 is 18.3 Å². The molecule has 1 aliphatic rings. The zero-order chi connectivity index (χ0) is 20.5. The van der Waals surface area contributed by atoms with Crippen LogP contribution in [0, 0.1) is 11.6 Å². The third-order valence-corrected chi connectivity index (χ3v) is 5.70. The summed E-state index contributed by atoms with van der Waals surface area (Å²) in [6.07, 6.45) is 0. The van der Waals surface area contributed by atoms with Gasteiger partial charge in [-0.3, -0.25) is 4.90 Å². The first kappa shape index (κ1) is 19.5. The number of amides is 2. The molecule has 1 aromatic heterocycles. The molecule has 1 aliphatic heterocycles. The molecule has 0 bridgehead atoms. The minimum absolute atomic E-state index is 0.0293. The van der Waals surface area contributed by atoms with Gasteiger partial charge >= 0.3 is 6.03 Å². The van der Waals surface area contributed by atoms with Crippen molar-refractivity contribution in [1.29, 1.82) is 0 Å². The van der Waals surface area contributed by atoms with Crippen LogP contribution in [0.1, 0.15) is 5.56 Å². The van der Waals surface area contributed by atoms with Crippen molar-refractivity contribution >= 4 is 41.1 Å². The number of carbonyl (C=O) groups excluding carboxylic acids is 1. The van der Waals surface area contributed by atoms with Gasteiger partial charge in [0, 0.05) is 29.6 Å². The van der Waals surface area contributed by atoms with Gasteiger partial charge in [0.15, 0.2) is 5.82 Å². The number of carbonyl (C=O) groups is 1. The topological polar surface area (TPSA) is 45.7 Å². The quantitative estimate of drug-likeness (QED) is 0.497. The Balaban J connectivity index is 1.77. The molecular formula is C20H14ClF2N3O2S. The van der Waals surface area contributed by atoms with E-state index in [0.717, 1.165) is 17.0 Å². The Morgan fingerprint density at radius 1 is 1.14 bits per heavy atom. The number of ether oxygens (including phenoxy) is 1. The minimum Gasteiger partial charge on any atom is -0.481 e. The lowest BCUT2D eigenvalue weighted by Gasteiger charge is -2.35. The number of anilines is 2. The van der Waals surface area contributed by atoms with Crippen LogP contribution in [0.4, 0.5) is 25.1 Å². The molecule has 0 radical (unpaired) electrons. The van der Waals surface area contributed by atoms with Crippen LogP contribution in [0.15, 0.2) is 59.5 Å². The largest absolute Gasteiger partial charge is 0.481 e. The Hall–Kier alpha value is -2.84. The summed E-state index contributed by atoms with van der Waals surface area (Å²) in [4.78, 5) is 19.8. The van der Waals surface area contributed by atoms with Crippen LogP contribution < -0.4 is 13.9 Å². The second-order valence-corrected chi connectivity index (χ2v) is 7.50. The molecule has 0 aliphatic carbocycles. The zero-order valence-electron chi connectivity index (χ0n) is 15.1. The summed E-state index contributed by atoms with van der Waals surface area (Å²) >= 11 is 7.26. The molecule has 0 N–H and O–H groups in total. The number of methoxy groups -OCH3 is 1. The molecule has 0 atom stereocenters. The fourth-order valence-electron chi connectivity index (χ4n) is 2.92. The van der Waals surface area contributed by atoms with E-state index in [0.29, 0.717) is 17.4 Å². The van der Waals surface area contributed by atoms with E-state index in [2.05, 4.69) is 4.98 Å². The Bertz CT molecular complexity index is 1080.